The normalized spacial score (nSPS) is 22.9. The lowest BCUT2D eigenvalue weighted by Gasteiger charge is -2.35. The summed E-state index contributed by atoms with van der Waals surface area (Å²) in [7, 11) is 0. The number of thiophene rings is 1. The molecule has 25 heavy (non-hydrogen) atoms. The molecule has 0 aliphatic carbocycles. The fraction of sp³-hybridized carbons (Fsp3) is 0.500. The standard InChI is InChI=1S/C18H22N2O2S3/c1-2-13-6-3-4-9-19(13)16(21)8-10-20-17(22)15(25-18(20)23)12-14-7-5-11-24-14/h5,7,11-13H,2-4,6,8-10H2,1H3/b15-12-/t13-/m0/s1. The highest BCUT2D eigenvalue weighted by molar-refractivity contribution is 8.26. The number of hydrogen-bond donors (Lipinski definition) is 0. The molecule has 0 unspecified atom stereocenters. The van der Waals surface area contributed by atoms with Crippen LogP contribution in [0.1, 0.15) is 43.9 Å². The van der Waals surface area contributed by atoms with Crippen molar-refractivity contribution >= 4 is 57.5 Å². The van der Waals surface area contributed by atoms with Gasteiger partial charge < -0.3 is 4.90 Å². The lowest BCUT2D eigenvalue weighted by atomic mass is 9.99. The highest BCUT2D eigenvalue weighted by Crippen LogP contribution is 2.33. The van der Waals surface area contributed by atoms with Gasteiger partial charge in [0.2, 0.25) is 5.91 Å². The minimum atomic E-state index is -0.0816. The SMILES string of the molecule is CC[C@H]1CCCCN1C(=O)CCN1C(=O)/C(=C/c2cccs2)SC1=S. The molecule has 0 saturated carbocycles. The fourth-order valence-electron chi connectivity index (χ4n) is 3.30. The molecule has 2 saturated heterocycles. The minimum absolute atomic E-state index is 0.0816. The zero-order valence-corrected chi connectivity index (χ0v) is 16.7. The maximum absolute atomic E-state index is 12.6. The molecule has 1 aromatic heterocycles. The summed E-state index contributed by atoms with van der Waals surface area (Å²) in [6.07, 6.45) is 6.58. The third-order valence-corrected chi connectivity index (χ3v) is 6.86. The van der Waals surface area contributed by atoms with E-state index in [1.807, 2.05) is 28.5 Å². The van der Waals surface area contributed by atoms with Gasteiger partial charge in [-0.3, -0.25) is 14.5 Å². The monoisotopic (exact) mass is 394 g/mol. The van der Waals surface area contributed by atoms with Crippen LogP contribution in [-0.2, 0) is 9.59 Å². The van der Waals surface area contributed by atoms with Crippen LogP contribution in [0.2, 0.25) is 0 Å². The molecule has 0 radical (unpaired) electrons. The average molecular weight is 395 g/mol. The fourth-order valence-corrected chi connectivity index (χ4v) is 5.33. The molecule has 1 atom stereocenters. The van der Waals surface area contributed by atoms with E-state index >= 15 is 0 Å². The van der Waals surface area contributed by atoms with Gasteiger partial charge in [0.1, 0.15) is 4.32 Å². The first kappa shape index (κ1) is 18.6. The van der Waals surface area contributed by atoms with E-state index in [9.17, 15) is 9.59 Å². The quantitative estimate of drug-likeness (QED) is 0.556. The van der Waals surface area contributed by atoms with E-state index in [2.05, 4.69) is 6.92 Å². The van der Waals surface area contributed by atoms with Crippen LogP contribution in [0.25, 0.3) is 6.08 Å². The number of carbonyl (C=O) groups is 2. The van der Waals surface area contributed by atoms with Crippen LogP contribution in [-0.4, -0.2) is 45.1 Å². The third kappa shape index (κ3) is 4.33. The van der Waals surface area contributed by atoms with Crippen LogP contribution in [0.5, 0.6) is 0 Å². The van der Waals surface area contributed by atoms with Crippen molar-refractivity contribution in [3.8, 4) is 0 Å². The number of carbonyl (C=O) groups excluding carboxylic acids is 2. The first-order chi connectivity index (χ1) is 12.1. The van der Waals surface area contributed by atoms with Gasteiger partial charge in [-0.25, -0.2) is 0 Å². The predicted octanol–water partition coefficient (Wildman–Crippen LogP) is 4.13. The predicted molar refractivity (Wildman–Crippen MR) is 108 cm³/mol. The molecule has 2 aliphatic heterocycles. The van der Waals surface area contributed by atoms with Gasteiger partial charge in [0.15, 0.2) is 0 Å². The number of nitrogens with zero attached hydrogens (tertiary/aromatic N) is 2. The number of rotatable bonds is 5. The number of amides is 2. The number of thioether (sulfide) groups is 1. The maximum Gasteiger partial charge on any atom is 0.266 e. The summed E-state index contributed by atoms with van der Waals surface area (Å²) in [5, 5.41) is 1.98. The lowest BCUT2D eigenvalue weighted by Crippen LogP contribution is -2.44. The zero-order chi connectivity index (χ0) is 17.8. The Balaban J connectivity index is 1.60. The number of likely N-dealkylation sites (tertiary alicyclic amines) is 1. The molecule has 2 fully saturated rings. The molecule has 0 spiro atoms. The van der Waals surface area contributed by atoms with Crippen LogP contribution in [0, 0.1) is 0 Å². The van der Waals surface area contributed by atoms with Crippen molar-refractivity contribution in [2.45, 2.75) is 45.1 Å². The molecule has 1 aromatic rings. The van der Waals surface area contributed by atoms with Gasteiger partial charge in [0.05, 0.1) is 4.91 Å². The molecule has 0 N–H and O–H groups in total. The summed E-state index contributed by atoms with van der Waals surface area (Å²) in [4.78, 5) is 30.4. The van der Waals surface area contributed by atoms with Crippen LogP contribution in [0.3, 0.4) is 0 Å². The van der Waals surface area contributed by atoms with Crippen molar-refractivity contribution in [3.05, 3.63) is 27.3 Å². The zero-order valence-electron chi connectivity index (χ0n) is 14.3. The Hall–Kier alpha value is -1.18. The highest BCUT2D eigenvalue weighted by Gasteiger charge is 2.33. The number of thiocarbonyl (C=S) groups is 1. The van der Waals surface area contributed by atoms with E-state index in [0.717, 1.165) is 30.7 Å². The second-order valence-electron chi connectivity index (χ2n) is 6.24. The van der Waals surface area contributed by atoms with E-state index in [0.29, 0.717) is 28.2 Å². The minimum Gasteiger partial charge on any atom is -0.340 e. The van der Waals surface area contributed by atoms with E-state index in [-0.39, 0.29) is 11.8 Å². The summed E-state index contributed by atoms with van der Waals surface area (Å²) in [6, 6.07) is 4.28. The molecule has 7 heteroatoms. The molecule has 2 amide bonds. The molecule has 3 rings (SSSR count). The van der Waals surface area contributed by atoms with Crippen LogP contribution in [0.15, 0.2) is 22.4 Å². The van der Waals surface area contributed by atoms with Crippen molar-refractivity contribution in [2.75, 3.05) is 13.1 Å². The van der Waals surface area contributed by atoms with Crippen LogP contribution in [0.4, 0.5) is 0 Å². The summed E-state index contributed by atoms with van der Waals surface area (Å²) in [6.45, 7) is 3.35. The van der Waals surface area contributed by atoms with E-state index in [4.69, 9.17) is 12.2 Å². The molecule has 0 bridgehead atoms. The average Bonchev–Trinajstić information content (AvgIpc) is 3.22. The highest BCUT2D eigenvalue weighted by atomic mass is 32.2. The van der Waals surface area contributed by atoms with Crippen LogP contribution >= 0.6 is 35.3 Å². The van der Waals surface area contributed by atoms with E-state index in [1.165, 1.54) is 18.2 Å². The van der Waals surface area contributed by atoms with Crippen molar-refractivity contribution in [2.24, 2.45) is 0 Å². The third-order valence-electron chi connectivity index (χ3n) is 4.66. The Morgan fingerprint density at radius 2 is 2.28 bits per heavy atom. The molecule has 2 aliphatic rings. The van der Waals surface area contributed by atoms with Gasteiger partial charge in [-0.05, 0) is 43.2 Å². The maximum atomic E-state index is 12.6. The Bertz CT molecular complexity index is 685. The molecule has 0 aromatic carbocycles. The second kappa shape index (κ2) is 8.47. The van der Waals surface area contributed by atoms with Crippen molar-refractivity contribution in [3.63, 3.8) is 0 Å². The Labute approximate surface area is 162 Å². The molecule has 4 nitrogen and oxygen atoms in total. The van der Waals surface area contributed by atoms with Gasteiger partial charge in [-0.1, -0.05) is 37.0 Å². The largest absolute Gasteiger partial charge is 0.340 e. The summed E-state index contributed by atoms with van der Waals surface area (Å²) in [5.74, 6) is 0.0599. The van der Waals surface area contributed by atoms with Crippen molar-refractivity contribution in [1.82, 2.24) is 9.80 Å². The van der Waals surface area contributed by atoms with E-state index < -0.39 is 0 Å². The van der Waals surface area contributed by atoms with Gasteiger partial charge in [0.25, 0.3) is 5.91 Å². The Morgan fingerprint density at radius 3 is 3.00 bits per heavy atom. The summed E-state index contributed by atoms with van der Waals surface area (Å²) >= 11 is 8.26. The lowest BCUT2D eigenvalue weighted by molar-refractivity contribution is -0.135. The van der Waals surface area contributed by atoms with Gasteiger partial charge in [-0.2, -0.15) is 0 Å². The smallest absolute Gasteiger partial charge is 0.266 e. The second-order valence-corrected chi connectivity index (χ2v) is 8.90. The molecule has 134 valence electrons. The Morgan fingerprint density at radius 1 is 1.44 bits per heavy atom. The van der Waals surface area contributed by atoms with Gasteiger partial charge in [-0.15, -0.1) is 11.3 Å². The molecular weight excluding hydrogens is 372 g/mol. The van der Waals surface area contributed by atoms with Crippen molar-refractivity contribution < 1.29 is 9.59 Å². The first-order valence-electron chi connectivity index (χ1n) is 8.68. The summed E-state index contributed by atoms with van der Waals surface area (Å²) < 4.78 is 0.547. The number of piperidine rings is 1. The van der Waals surface area contributed by atoms with Crippen LogP contribution < -0.4 is 0 Å². The molecular formula is C18H22N2O2S3. The number of hydrogen-bond acceptors (Lipinski definition) is 5. The van der Waals surface area contributed by atoms with Gasteiger partial charge >= 0.3 is 0 Å². The summed E-state index contributed by atoms with van der Waals surface area (Å²) in [5.41, 5.74) is 0. The Kier molecular flexibility index (Phi) is 6.30. The van der Waals surface area contributed by atoms with E-state index in [1.54, 1.807) is 16.2 Å². The topological polar surface area (TPSA) is 40.6 Å². The van der Waals surface area contributed by atoms with Crippen molar-refractivity contribution in [1.29, 1.82) is 0 Å². The first-order valence-corrected chi connectivity index (χ1v) is 10.8. The van der Waals surface area contributed by atoms with Gasteiger partial charge in [0, 0.05) is 30.4 Å². The molecule has 3 heterocycles.